The number of carbonyl (C=O) groups excluding carboxylic acids is 2. The second kappa shape index (κ2) is 9.84. The zero-order valence-electron chi connectivity index (χ0n) is 16.6. The highest BCUT2D eigenvalue weighted by Crippen LogP contribution is 2.15. The van der Waals surface area contributed by atoms with Crippen molar-refractivity contribution >= 4 is 45.3 Å². The lowest BCUT2D eigenvalue weighted by Crippen LogP contribution is -2.18. The molecule has 0 aliphatic rings. The van der Waals surface area contributed by atoms with Crippen molar-refractivity contribution in [2.45, 2.75) is 0 Å². The van der Waals surface area contributed by atoms with Crippen LogP contribution in [0, 0.1) is 0 Å². The van der Waals surface area contributed by atoms with Gasteiger partial charge < -0.3 is 10.2 Å². The molecule has 152 valence electrons. The van der Waals surface area contributed by atoms with Crippen molar-refractivity contribution < 1.29 is 9.59 Å². The molecule has 2 amide bonds. The molecule has 0 aromatic heterocycles. The molecule has 3 rings (SSSR count). The number of halogens is 1. The molecule has 0 aliphatic carbocycles. The van der Waals surface area contributed by atoms with E-state index in [-0.39, 0.29) is 11.8 Å². The Kier molecular flexibility index (Phi) is 6.98. The van der Waals surface area contributed by atoms with Crippen LogP contribution < -0.4 is 15.6 Å². The van der Waals surface area contributed by atoms with Crippen LogP contribution in [0.4, 0.5) is 11.4 Å². The number of benzene rings is 3. The molecule has 3 aromatic carbocycles. The van der Waals surface area contributed by atoms with E-state index in [4.69, 9.17) is 0 Å². The number of hydrogen-bond donors (Lipinski definition) is 2. The van der Waals surface area contributed by atoms with Crippen LogP contribution >= 0.6 is 15.9 Å². The van der Waals surface area contributed by atoms with Crippen molar-refractivity contribution in [2.24, 2.45) is 5.10 Å². The monoisotopic (exact) mass is 464 g/mol. The number of hydrogen-bond acceptors (Lipinski definition) is 4. The molecule has 0 saturated heterocycles. The predicted molar refractivity (Wildman–Crippen MR) is 124 cm³/mol. The molecular formula is C23H21BrN4O2. The lowest BCUT2D eigenvalue weighted by Gasteiger charge is -2.11. The summed E-state index contributed by atoms with van der Waals surface area (Å²) in [7, 11) is 3.94. The summed E-state index contributed by atoms with van der Waals surface area (Å²) in [5.41, 5.74) is 5.90. The molecule has 0 radical (unpaired) electrons. The fraction of sp³-hybridized carbons (Fsp3) is 0.0870. The topological polar surface area (TPSA) is 73.8 Å². The number of rotatable bonds is 6. The van der Waals surface area contributed by atoms with Gasteiger partial charge in [0, 0.05) is 41.1 Å². The van der Waals surface area contributed by atoms with E-state index in [1.54, 1.807) is 54.7 Å². The van der Waals surface area contributed by atoms with Gasteiger partial charge in [0.25, 0.3) is 11.8 Å². The first-order chi connectivity index (χ1) is 14.4. The molecular weight excluding hydrogens is 444 g/mol. The average molecular weight is 465 g/mol. The van der Waals surface area contributed by atoms with Crippen LogP contribution in [0.3, 0.4) is 0 Å². The zero-order valence-corrected chi connectivity index (χ0v) is 18.2. The van der Waals surface area contributed by atoms with Gasteiger partial charge in [-0.2, -0.15) is 5.10 Å². The molecule has 0 spiro atoms. The van der Waals surface area contributed by atoms with E-state index in [0.717, 1.165) is 15.7 Å². The SMILES string of the molecule is CN(C)c1ccc(C=NNC(=O)c2cccc(NC(=O)c3ccc(Br)cc3)c2)cc1. The van der Waals surface area contributed by atoms with Crippen LogP contribution in [0.25, 0.3) is 0 Å². The molecule has 7 heteroatoms. The molecule has 6 nitrogen and oxygen atoms in total. The van der Waals surface area contributed by atoms with Gasteiger partial charge in [-0.3, -0.25) is 9.59 Å². The minimum absolute atomic E-state index is 0.251. The van der Waals surface area contributed by atoms with Crippen molar-refractivity contribution in [3.05, 3.63) is 94.0 Å². The third-order valence-corrected chi connectivity index (χ3v) is 4.81. The second-order valence-electron chi connectivity index (χ2n) is 6.73. The maximum atomic E-state index is 12.4. The first-order valence-electron chi connectivity index (χ1n) is 9.20. The lowest BCUT2D eigenvalue weighted by molar-refractivity contribution is 0.0953. The van der Waals surface area contributed by atoms with E-state index >= 15 is 0 Å². The summed E-state index contributed by atoms with van der Waals surface area (Å²) in [4.78, 5) is 26.7. The molecule has 30 heavy (non-hydrogen) atoms. The standard InChI is InChI=1S/C23H21BrN4O2/c1-28(2)21-12-6-16(7-13-21)15-25-27-23(30)18-4-3-5-20(14-18)26-22(29)17-8-10-19(24)11-9-17/h3-15H,1-2H3,(H,26,29)(H,27,30). The van der Waals surface area contributed by atoms with E-state index < -0.39 is 0 Å². The van der Waals surface area contributed by atoms with Gasteiger partial charge in [-0.1, -0.05) is 34.1 Å². The summed E-state index contributed by atoms with van der Waals surface area (Å²) in [5.74, 6) is -0.616. The van der Waals surface area contributed by atoms with Crippen LogP contribution in [0.1, 0.15) is 26.3 Å². The van der Waals surface area contributed by atoms with Crippen molar-refractivity contribution in [2.75, 3.05) is 24.3 Å². The Morgan fingerprint density at radius 1 is 0.900 bits per heavy atom. The Bertz CT molecular complexity index is 1060. The van der Waals surface area contributed by atoms with Crippen LogP contribution in [-0.2, 0) is 0 Å². The van der Waals surface area contributed by atoms with E-state index in [9.17, 15) is 9.59 Å². The summed E-state index contributed by atoms with van der Waals surface area (Å²) in [6.07, 6.45) is 1.58. The Labute approximate surface area is 183 Å². The largest absolute Gasteiger partial charge is 0.378 e. The normalized spacial score (nSPS) is 10.6. The Balaban J connectivity index is 1.61. The first-order valence-corrected chi connectivity index (χ1v) is 9.99. The maximum absolute atomic E-state index is 12.4. The summed E-state index contributed by atoms with van der Waals surface area (Å²) in [6.45, 7) is 0. The highest BCUT2D eigenvalue weighted by molar-refractivity contribution is 9.10. The number of anilines is 2. The third-order valence-electron chi connectivity index (χ3n) is 4.28. The van der Waals surface area contributed by atoms with Gasteiger partial charge in [-0.15, -0.1) is 0 Å². The quantitative estimate of drug-likeness (QED) is 0.415. The Morgan fingerprint density at radius 3 is 2.27 bits per heavy atom. The average Bonchev–Trinajstić information content (AvgIpc) is 2.74. The van der Waals surface area contributed by atoms with Crippen LogP contribution in [-0.4, -0.2) is 32.1 Å². The van der Waals surface area contributed by atoms with E-state index in [2.05, 4.69) is 31.8 Å². The number of hydrazone groups is 1. The van der Waals surface area contributed by atoms with E-state index in [0.29, 0.717) is 16.8 Å². The van der Waals surface area contributed by atoms with Gasteiger partial charge in [0.15, 0.2) is 0 Å². The van der Waals surface area contributed by atoms with Crippen LogP contribution in [0.15, 0.2) is 82.4 Å². The summed E-state index contributed by atoms with van der Waals surface area (Å²) in [5, 5.41) is 6.80. The Morgan fingerprint density at radius 2 is 1.60 bits per heavy atom. The van der Waals surface area contributed by atoms with Gasteiger partial charge >= 0.3 is 0 Å². The third kappa shape index (κ3) is 5.78. The van der Waals surface area contributed by atoms with E-state index in [1.807, 2.05) is 43.3 Å². The highest BCUT2D eigenvalue weighted by atomic mass is 79.9. The minimum atomic E-state index is -0.365. The Hall–Kier alpha value is -3.45. The van der Waals surface area contributed by atoms with Crippen LogP contribution in [0.5, 0.6) is 0 Å². The first kappa shape index (κ1) is 21.3. The molecule has 2 N–H and O–H groups in total. The molecule has 0 fully saturated rings. The number of amides is 2. The summed E-state index contributed by atoms with van der Waals surface area (Å²) >= 11 is 3.34. The molecule has 0 saturated carbocycles. The molecule has 0 unspecified atom stereocenters. The van der Waals surface area contributed by atoms with Gasteiger partial charge in [-0.25, -0.2) is 5.43 Å². The van der Waals surface area contributed by atoms with Crippen molar-refractivity contribution in [3.8, 4) is 0 Å². The fourth-order valence-corrected chi connectivity index (χ4v) is 2.90. The van der Waals surface area contributed by atoms with Gasteiger partial charge in [0.2, 0.25) is 0 Å². The summed E-state index contributed by atoms with van der Waals surface area (Å²) in [6, 6.07) is 21.5. The molecule has 0 atom stereocenters. The zero-order chi connectivity index (χ0) is 21.5. The molecule has 0 bridgehead atoms. The smallest absolute Gasteiger partial charge is 0.271 e. The maximum Gasteiger partial charge on any atom is 0.271 e. The van der Waals surface area contributed by atoms with Gasteiger partial charge in [0.1, 0.15) is 0 Å². The number of nitrogens with zero attached hydrogens (tertiary/aromatic N) is 2. The predicted octanol–water partition coefficient (Wildman–Crippen LogP) is 4.53. The van der Waals surface area contributed by atoms with Crippen molar-refractivity contribution in [1.29, 1.82) is 0 Å². The minimum Gasteiger partial charge on any atom is -0.378 e. The van der Waals surface area contributed by atoms with Gasteiger partial charge in [0.05, 0.1) is 6.21 Å². The second-order valence-corrected chi connectivity index (χ2v) is 7.64. The van der Waals surface area contributed by atoms with Gasteiger partial charge in [-0.05, 0) is 60.2 Å². The number of carbonyl (C=O) groups is 2. The highest BCUT2D eigenvalue weighted by Gasteiger charge is 2.09. The fourth-order valence-electron chi connectivity index (χ4n) is 2.63. The molecule has 3 aromatic rings. The lowest BCUT2D eigenvalue weighted by atomic mass is 10.1. The molecule has 0 heterocycles. The van der Waals surface area contributed by atoms with Crippen LogP contribution in [0.2, 0.25) is 0 Å². The summed E-state index contributed by atoms with van der Waals surface area (Å²) < 4.78 is 0.895. The number of nitrogens with one attached hydrogen (secondary N) is 2. The van der Waals surface area contributed by atoms with Crippen molar-refractivity contribution in [1.82, 2.24) is 5.43 Å². The van der Waals surface area contributed by atoms with Crippen molar-refractivity contribution in [3.63, 3.8) is 0 Å². The molecule has 0 aliphatic heterocycles. The van der Waals surface area contributed by atoms with E-state index in [1.165, 1.54) is 0 Å².